The predicted molar refractivity (Wildman–Crippen MR) is 67.1 cm³/mol. The van der Waals surface area contributed by atoms with Gasteiger partial charge in [-0.15, -0.1) is 0 Å². The van der Waals surface area contributed by atoms with Gasteiger partial charge in [-0.25, -0.2) is 0 Å². The van der Waals surface area contributed by atoms with Crippen LogP contribution in [0.1, 0.15) is 25.8 Å². The van der Waals surface area contributed by atoms with E-state index in [1.54, 1.807) is 0 Å². The molecule has 16 heavy (non-hydrogen) atoms. The van der Waals surface area contributed by atoms with Crippen LogP contribution in [0.15, 0.2) is 41.5 Å². The second-order valence-corrected chi connectivity index (χ2v) is 4.58. The van der Waals surface area contributed by atoms with Crippen LogP contribution in [0.5, 0.6) is 5.75 Å². The van der Waals surface area contributed by atoms with Crippen molar-refractivity contribution in [3.8, 4) is 5.75 Å². The van der Waals surface area contributed by atoms with Crippen molar-refractivity contribution in [2.75, 3.05) is 0 Å². The van der Waals surface area contributed by atoms with Gasteiger partial charge in [-0.05, 0) is 39.0 Å². The summed E-state index contributed by atoms with van der Waals surface area (Å²) in [4.78, 5) is 4.24. The smallest absolute Gasteiger partial charge is 0.131 e. The van der Waals surface area contributed by atoms with E-state index in [4.69, 9.17) is 4.74 Å². The number of benzene rings is 1. The molecular formula is C14H17NO. The van der Waals surface area contributed by atoms with E-state index in [9.17, 15) is 0 Å². The van der Waals surface area contributed by atoms with E-state index in [-0.39, 0.29) is 5.60 Å². The number of hydrogen-bond acceptors (Lipinski definition) is 2. The van der Waals surface area contributed by atoms with E-state index >= 15 is 0 Å². The second kappa shape index (κ2) is 4.12. The first-order chi connectivity index (χ1) is 7.57. The van der Waals surface area contributed by atoms with Crippen LogP contribution in [-0.2, 0) is 0 Å². The van der Waals surface area contributed by atoms with Crippen LogP contribution in [0, 0.1) is 6.92 Å². The summed E-state index contributed by atoms with van der Waals surface area (Å²) >= 11 is 0. The summed E-state index contributed by atoms with van der Waals surface area (Å²) < 4.78 is 6.00. The molecule has 0 aliphatic carbocycles. The van der Waals surface area contributed by atoms with Crippen molar-refractivity contribution in [2.45, 2.75) is 32.8 Å². The molecule has 0 spiro atoms. The molecule has 0 saturated carbocycles. The SMILES string of the molecule is CC1=NC=CC(C)(Oc2ccc(C)cc2)C1. The normalized spacial score (nSPS) is 24.1. The van der Waals surface area contributed by atoms with Gasteiger partial charge < -0.3 is 4.74 Å². The largest absolute Gasteiger partial charge is 0.483 e. The summed E-state index contributed by atoms with van der Waals surface area (Å²) in [5.41, 5.74) is 2.09. The van der Waals surface area contributed by atoms with Crippen LogP contribution in [0.2, 0.25) is 0 Å². The number of hydrogen-bond donors (Lipinski definition) is 0. The molecule has 0 radical (unpaired) electrons. The van der Waals surface area contributed by atoms with Gasteiger partial charge in [0.05, 0.1) is 0 Å². The standard InChI is InChI=1S/C14H17NO/c1-11-4-6-13(7-5-11)16-14(3)8-9-15-12(2)10-14/h4-9H,10H2,1-3H3. The summed E-state index contributed by atoms with van der Waals surface area (Å²) in [6, 6.07) is 8.14. The van der Waals surface area contributed by atoms with Crippen LogP contribution in [-0.4, -0.2) is 11.3 Å². The Kier molecular flexibility index (Phi) is 2.82. The fourth-order valence-electron chi connectivity index (χ4n) is 1.88. The number of ether oxygens (including phenoxy) is 1. The minimum absolute atomic E-state index is 0.263. The Balaban J connectivity index is 2.13. The van der Waals surface area contributed by atoms with Crippen molar-refractivity contribution in [3.05, 3.63) is 42.1 Å². The lowest BCUT2D eigenvalue weighted by molar-refractivity contribution is 0.147. The predicted octanol–water partition coefficient (Wildman–Crippen LogP) is 3.51. The molecular weight excluding hydrogens is 198 g/mol. The first-order valence-corrected chi connectivity index (χ1v) is 5.54. The Morgan fingerprint density at radius 1 is 1.19 bits per heavy atom. The highest BCUT2D eigenvalue weighted by molar-refractivity contribution is 5.84. The molecule has 2 heteroatoms. The highest BCUT2D eigenvalue weighted by Gasteiger charge is 2.26. The Morgan fingerprint density at radius 3 is 2.50 bits per heavy atom. The fraction of sp³-hybridized carbons (Fsp3) is 0.357. The minimum Gasteiger partial charge on any atom is -0.483 e. The van der Waals surface area contributed by atoms with Gasteiger partial charge in [0.1, 0.15) is 11.4 Å². The van der Waals surface area contributed by atoms with Gasteiger partial charge in [0.2, 0.25) is 0 Å². The Labute approximate surface area is 96.7 Å². The van der Waals surface area contributed by atoms with Crippen molar-refractivity contribution in [1.29, 1.82) is 0 Å². The fourth-order valence-corrected chi connectivity index (χ4v) is 1.88. The lowest BCUT2D eigenvalue weighted by Crippen LogP contribution is -2.33. The van der Waals surface area contributed by atoms with Crippen LogP contribution in [0.4, 0.5) is 0 Å². The Bertz CT molecular complexity index is 431. The van der Waals surface area contributed by atoms with E-state index in [1.165, 1.54) is 5.56 Å². The first-order valence-electron chi connectivity index (χ1n) is 5.54. The van der Waals surface area contributed by atoms with Gasteiger partial charge in [-0.2, -0.15) is 0 Å². The molecule has 84 valence electrons. The Morgan fingerprint density at radius 2 is 1.88 bits per heavy atom. The number of aryl methyl sites for hydroxylation is 1. The van der Waals surface area contributed by atoms with Crippen LogP contribution < -0.4 is 4.74 Å². The average molecular weight is 215 g/mol. The molecule has 0 bridgehead atoms. The molecule has 1 aromatic carbocycles. The first kappa shape index (κ1) is 10.9. The summed E-state index contributed by atoms with van der Waals surface area (Å²) in [6.07, 6.45) is 4.68. The van der Waals surface area contributed by atoms with E-state index in [0.717, 1.165) is 17.9 Å². The maximum atomic E-state index is 6.00. The zero-order chi connectivity index (χ0) is 11.6. The summed E-state index contributed by atoms with van der Waals surface area (Å²) in [5.74, 6) is 0.910. The molecule has 1 atom stereocenters. The van der Waals surface area contributed by atoms with Crippen molar-refractivity contribution in [3.63, 3.8) is 0 Å². The third-order valence-electron chi connectivity index (χ3n) is 2.70. The van der Waals surface area contributed by atoms with Crippen molar-refractivity contribution in [1.82, 2.24) is 0 Å². The van der Waals surface area contributed by atoms with Crippen LogP contribution >= 0.6 is 0 Å². The molecule has 2 nitrogen and oxygen atoms in total. The molecule has 0 fully saturated rings. The zero-order valence-corrected chi connectivity index (χ0v) is 10.0. The van der Waals surface area contributed by atoms with E-state index in [1.807, 2.05) is 31.3 Å². The summed E-state index contributed by atoms with van der Waals surface area (Å²) in [6.45, 7) is 6.19. The van der Waals surface area contributed by atoms with Gasteiger partial charge in [0.25, 0.3) is 0 Å². The van der Waals surface area contributed by atoms with Crippen LogP contribution in [0.25, 0.3) is 0 Å². The lowest BCUT2D eigenvalue weighted by atomic mass is 9.97. The van der Waals surface area contributed by atoms with Crippen molar-refractivity contribution < 1.29 is 4.74 Å². The van der Waals surface area contributed by atoms with Gasteiger partial charge in [-0.3, -0.25) is 4.99 Å². The third kappa shape index (κ3) is 2.51. The molecule has 2 rings (SSSR count). The van der Waals surface area contributed by atoms with Gasteiger partial charge in [-0.1, -0.05) is 17.7 Å². The maximum Gasteiger partial charge on any atom is 0.131 e. The van der Waals surface area contributed by atoms with E-state index < -0.39 is 0 Å². The van der Waals surface area contributed by atoms with Crippen LogP contribution in [0.3, 0.4) is 0 Å². The molecule has 0 saturated heterocycles. The quantitative estimate of drug-likeness (QED) is 0.739. The molecule has 1 aromatic rings. The molecule has 0 N–H and O–H groups in total. The molecule has 1 aliphatic heterocycles. The number of nitrogens with zero attached hydrogens (tertiary/aromatic N) is 1. The highest BCUT2D eigenvalue weighted by atomic mass is 16.5. The molecule has 0 aromatic heterocycles. The van der Waals surface area contributed by atoms with E-state index in [0.29, 0.717) is 0 Å². The van der Waals surface area contributed by atoms with Gasteiger partial charge in [0, 0.05) is 18.3 Å². The molecule has 1 aliphatic rings. The summed E-state index contributed by atoms with van der Waals surface area (Å²) in [7, 11) is 0. The van der Waals surface area contributed by atoms with Crippen molar-refractivity contribution in [2.24, 2.45) is 4.99 Å². The molecule has 1 heterocycles. The molecule has 0 amide bonds. The second-order valence-electron chi connectivity index (χ2n) is 4.58. The minimum atomic E-state index is -0.263. The maximum absolute atomic E-state index is 6.00. The average Bonchev–Trinajstić information content (AvgIpc) is 2.21. The molecule has 1 unspecified atom stereocenters. The Hall–Kier alpha value is -1.57. The number of rotatable bonds is 2. The zero-order valence-electron chi connectivity index (χ0n) is 10.0. The van der Waals surface area contributed by atoms with E-state index in [2.05, 4.69) is 31.0 Å². The monoisotopic (exact) mass is 215 g/mol. The highest BCUT2D eigenvalue weighted by Crippen LogP contribution is 2.25. The van der Waals surface area contributed by atoms with Crippen molar-refractivity contribution >= 4 is 5.71 Å². The number of aliphatic imine (C=N–C) groups is 1. The van der Waals surface area contributed by atoms with Gasteiger partial charge >= 0.3 is 0 Å². The topological polar surface area (TPSA) is 21.6 Å². The summed E-state index contributed by atoms with van der Waals surface area (Å²) in [5, 5.41) is 0. The third-order valence-corrected chi connectivity index (χ3v) is 2.70. The van der Waals surface area contributed by atoms with Gasteiger partial charge in [0.15, 0.2) is 0 Å². The lowest BCUT2D eigenvalue weighted by Gasteiger charge is -2.29.